The molecule has 22 heavy (non-hydrogen) atoms. The van der Waals surface area contributed by atoms with Crippen molar-refractivity contribution in [1.82, 2.24) is 4.31 Å². The van der Waals surface area contributed by atoms with E-state index in [2.05, 4.69) is 0 Å². The highest BCUT2D eigenvalue weighted by molar-refractivity contribution is 7.89. The number of piperidine rings is 1. The molecule has 1 aliphatic heterocycles. The Morgan fingerprint density at radius 3 is 2.68 bits per heavy atom. The van der Waals surface area contributed by atoms with Crippen LogP contribution in [0.25, 0.3) is 0 Å². The summed E-state index contributed by atoms with van der Waals surface area (Å²) in [5.74, 6) is 0. The second kappa shape index (κ2) is 7.30. The summed E-state index contributed by atoms with van der Waals surface area (Å²) in [7, 11) is -3.38. The third kappa shape index (κ3) is 3.32. The van der Waals surface area contributed by atoms with Gasteiger partial charge in [-0.15, -0.1) is 12.4 Å². The van der Waals surface area contributed by atoms with Crippen molar-refractivity contribution in [3.8, 4) is 0 Å². The summed E-state index contributed by atoms with van der Waals surface area (Å²) in [5.41, 5.74) is 8.18. The van der Waals surface area contributed by atoms with Gasteiger partial charge in [0.1, 0.15) is 0 Å². The highest BCUT2D eigenvalue weighted by Gasteiger charge is 2.33. The van der Waals surface area contributed by atoms with Crippen LogP contribution in [0.5, 0.6) is 0 Å². The lowest BCUT2D eigenvalue weighted by atomic mass is 10.0. The van der Waals surface area contributed by atoms with Crippen LogP contribution in [-0.4, -0.2) is 31.9 Å². The second-order valence-corrected chi connectivity index (χ2v) is 8.02. The Hall–Kier alpha value is -0.620. The average molecular weight is 345 g/mol. The van der Waals surface area contributed by atoms with Gasteiger partial charge in [0.2, 0.25) is 10.0 Å². The molecular formula is C16H25ClN2O2S. The van der Waals surface area contributed by atoms with Gasteiger partial charge in [0.25, 0.3) is 0 Å². The molecule has 0 bridgehead atoms. The van der Waals surface area contributed by atoms with Gasteiger partial charge in [0.15, 0.2) is 0 Å². The Labute approximate surface area is 139 Å². The van der Waals surface area contributed by atoms with E-state index in [1.165, 1.54) is 11.1 Å². The van der Waals surface area contributed by atoms with E-state index >= 15 is 0 Å². The minimum absolute atomic E-state index is 0. The lowest BCUT2D eigenvalue weighted by molar-refractivity contribution is 0.243. The Morgan fingerprint density at radius 2 is 1.91 bits per heavy atom. The lowest BCUT2D eigenvalue weighted by Crippen LogP contribution is -2.44. The minimum Gasteiger partial charge on any atom is -0.330 e. The molecule has 1 unspecified atom stereocenters. The quantitative estimate of drug-likeness (QED) is 0.912. The zero-order valence-electron chi connectivity index (χ0n) is 12.8. The second-order valence-electron chi connectivity index (χ2n) is 6.13. The van der Waals surface area contributed by atoms with E-state index in [0.717, 1.165) is 44.9 Å². The molecule has 0 saturated carbocycles. The summed E-state index contributed by atoms with van der Waals surface area (Å²) < 4.78 is 27.6. The molecule has 0 spiro atoms. The molecular weight excluding hydrogens is 320 g/mol. The van der Waals surface area contributed by atoms with E-state index in [0.29, 0.717) is 18.0 Å². The molecule has 1 aromatic carbocycles. The van der Waals surface area contributed by atoms with Crippen LogP contribution in [0, 0.1) is 0 Å². The molecule has 6 heteroatoms. The van der Waals surface area contributed by atoms with Crippen molar-refractivity contribution in [3.05, 3.63) is 29.3 Å². The summed E-state index contributed by atoms with van der Waals surface area (Å²) in [6.07, 6.45) is 6.95. The van der Waals surface area contributed by atoms with E-state index < -0.39 is 10.0 Å². The van der Waals surface area contributed by atoms with Crippen molar-refractivity contribution >= 4 is 22.4 Å². The van der Waals surface area contributed by atoms with Gasteiger partial charge in [0, 0.05) is 12.6 Å². The van der Waals surface area contributed by atoms with Crippen LogP contribution in [0.2, 0.25) is 0 Å². The van der Waals surface area contributed by atoms with Crippen LogP contribution in [0.15, 0.2) is 23.1 Å². The number of nitrogens with zero attached hydrogens (tertiary/aromatic N) is 1. The van der Waals surface area contributed by atoms with Crippen molar-refractivity contribution < 1.29 is 8.42 Å². The van der Waals surface area contributed by atoms with Crippen molar-refractivity contribution in [1.29, 1.82) is 0 Å². The number of fused-ring (bicyclic) bond motifs is 1. The molecule has 2 aliphatic rings. The minimum atomic E-state index is -3.38. The lowest BCUT2D eigenvalue weighted by Gasteiger charge is -2.34. The predicted molar refractivity (Wildman–Crippen MR) is 90.9 cm³/mol. The maximum Gasteiger partial charge on any atom is 0.243 e. The number of hydrogen-bond acceptors (Lipinski definition) is 3. The van der Waals surface area contributed by atoms with Crippen molar-refractivity contribution in [2.45, 2.75) is 55.9 Å². The fraction of sp³-hybridized carbons (Fsp3) is 0.625. The molecule has 1 aromatic rings. The fourth-order valence-electron chi connectivity index (χ4n) is 3.62. The number of rotatable bonds is 4. The van der Waals surface area contributed by atoms with Crippen LogP contribution >= 0.6 is 12.4 Å². The number of halogens is 1. The summed E-state index contributed by atoms with van der Waals surface area (Å²) in [6, 6.07) is 5.75. The molecule has 1 atom stereocenters. The molecule has 1 fully saturated rings. The zero-order valence-corrected chi connectivity index (χ0v) is 14.5. The number of nitrogens with two attached hydrogens (primary N) is 1. The van der Waals surface area contributed by atoms with E-state index in [4.69, 9.17) is 5.73 Å². The molecule has 2 N–H and O–H groups in total. The Morgan fingerprint density at radius 1 is 1.14 bits per heavy atom. The molecule has 4 nitrogen and oxygen atoms in total. The third-order valence-corrected chi connectivity index (χ3v) is 6.70. The van der Waals surface area contributed by atoms with Crippen molar-refractivity contribution in [2.75, 3.05) is 13.1 Å². The van der Waals surface area contributed by atoms with Crippen LogP contribution in [0.3, 0.4) is 0 Å². The zero-order chi connectivity index (χ0) is 14.9. The number of sulfonamides is 1. The SMILES string of the molecule is Cl.NCCC1CCCCN1S(=O)(=O)c1ccc2c(c1)CCC2. The largest absolute Gasteiger partial charge is 0.330 e. The van der Waals surface area contributed by atoms with Gasteiger partial charge >= 0.3 is 0 Å². The normalized spacial score (nSPS) is 22.1. The number of benzene rings is 1. The molecule has 124 valence electrons. The molecule has 1 saturated heterocycles. The highest BCUT2D eigenvalue weighted by Crippen LogP contribution is 2.30. The molecule has 0 aromatic heterocycles. The molecule has 3 rings (SSSR count). The summed E-state index contributed by atoms with van der Waals surface area (Å²) >= 11 is 0. The van der Waals surface area contributed by atoms with Gasteiger partial charge in [-0.2, -0.15) is 4.31 Å². The Balaban J connectivity index is 0.00000176. The van der Waals surface area contributed by atoms with E-state index in [1.807, 2.05) is 12.1 Å². The van der Waals surface area contributed by atoms with Crippen LogP contribution in [0.1, 0.15) is 43.2 Å². The maximum atomic E-state index is 13.0. The molecule has 0 radical (unpaired) electrons. The summed E-state index contributed by atoms with van der Waals surface area (Å²) in [5, 5.41) is 0. The molecule has 1 aliphatic carbocycles. The van der Waals surface area contributed by atoms with E-state index in [-0.39, 0.29) is 18.4 Å². The molecule has 1 heterocycles. The van der Waals surface area contributed by atoms with Crippen LogP contribution in [0.4, 0.5) is 0 Å². The summed E-state index contributed by atoms with van der Waals surface area (Å²) in [6.45, 7) is 1.17. The van der Waals surface area contributed by atoms with Gasteiger partial charge in [0.05, 0.1) is 4.90 Å². The fourth-order valence-corrected chi connectivity index (χ4v) is 5.39. The average Bonchev–Trinajstić information content (AvgIpc) is 2.95. The first kappa shape index (κ1) is 17.7. The maximum absolute atomic E-state index is 13.0. The Kier molecular flexibility index (Phi) is 5.88. The number of hydrogen-bond donors (Lipinski definition) is 1. The van der Waals surface area contributed by atoms with E-state index in [1.54, 1.807) is 10.4 Å². The van der Waals surface area contributed by atoms with Crippen molar-refractivity contribution in [3.63, 3.8) is 0 Å². The van der Waals surface area contributed by atoms with Gasteiger partial charge in [-0.05, 0) is 68.3 Å². The predicted octanol–water partition coefficient (Wildman–Crippen LogP) is 2.49. The smallest absolute Gasteiger partial charge is 0.243 e. The van der Waals surface area contributed by atoms with Gasteiger partial charge in [-0.1, -0.05) is 12.5 Å². The molecule has 0 amide bonds. The van der Waals surface area contributed by atoms with E-state index in [9.17, 15) is 8.42 Å². The number of aryl methyl sites for hydroxylation is 2. The summed E-state index contributed by atoms with van der Waals surface area (Å²) in [4.78, 5) is 0.465. The standard InChI is InChI=1S/C16H24N2O2S.ClH/c17-10-9-15-6-1-2-11-18(15)21(19,20)16-8-7-13-4-3-5-14(13)12-16;/h7-8,12,15H,1-6,9-11,17H2;1H. The monoisotopic (exact) mass is 344 g/mol. The first-order valence-electron chi connectivity index (χ1n) is 7.96. The van der Waals surface area contributed by atoms with Crippen molar-refractivity contribution in [2.24, 2.45) is 5.73 Å². The van der Waals surface area contributed by atoms with Gasteiger partial charge in [-0.25, -0.2) is 8.42 Å². The highest BCUT2D eigenvalue weighted by atomic mass is 35.5. The Bertz CT molecular complexity index is 617. The first-order valence-corrected chi connectivity index (χ1v) is 9.40. The van der Waals surface area contributed by atoms with Gasteiger partial charge < -0.3 is 5.73 Å². The van der Waals surface area contributed by atoms with Gasteiger partial charge in [-0.3, -0.25) is 0 Å². The van der Waals surface area contributed by atoms with Crippen LogP contribution in [-0.2, 0) is 22.9 Å². The topological polar surface area (TPSA) is 63.4 Å². The first-order chi connectivity index (χ1) is 10.1. The van der Waals surface area contributed by atoms with Crippen LogP contribution < -0.4 is 5.73 Å². The third-order valence-electron chi connectivity index (χ3n) is 4.75.